The number of aromatic nitrogens is 1. The molecular weight excluding hydrogens is 380 g/mol. The molecule has 7 nitrogen and oxygen atoms in total. The van der Waals surface area contributed by atoms with Crippen LogP contribution in [0.1, 0.15) is 53.0 Å². The van der Waals surface area contributed by atoms with Crippen molar-refractivity contribution >= 4 is 28.6 Å². The van der Waals surface area contributed by atoms with Gasteiger partial charge in [0.05, 0.1) is 6.04 Å². The number of hydrazine groups is 1. The highest BCUT2D eigenvalue weighted by atomic mass is 16.2. The number of hydrogen-bond donors (Lipinski definition) is 3. The van der Waals surface area contributed by atoms with Crippen molar-refractivity contribution in [3.05, 3.63) is 70.9 Å². The lowest BCUT2D eigenvalue weighted by Gasteiger charge is -2.26. The Morgan fingerprint density at radius 2 is 1.73 bits per heavy atom. The Labute approximate surface area is 174 Å². The third-order valence-corrected chi connectivity index (χ3v) is 5.52. The number of carbonyl (C=O) groups is 3. The van der Waals surface area contributed by atoms with E-state index in [-0.39, 0.29) is 43.1 Å². The molecule has 1 aliphatic rings. The second-order valence-corrected chi connectivity index (χ2v) is 7.40. The molecule has 7 heteroatoms. The molecule has 0 aliphatic carbocycles. The lowest BCUT2D eigenvalue weighted by Crippen LogP contribution is -2.43. The molecule has 3 N–H and O–H groups in total. The van der Waals surface area contributed by atoms with Gasteiger partial charge < -0.3 is 9.88 Å². The minimum absolute atomic E-state index is 0.0849. The van der Waals surface area contributed by atoms with E-state index in [1.165, 1.54) is 0 Å². The topological polar surface area (TPSA) is 94.3 Å². The van der Waals surface area contributed by atoms with Crippen molar-refractivity contribution in [2.45, 2.75) is 32.7 Å². The van der Waals surface area contributed by atoms with Gasteiger partial charge in [-0.1, -0.05) is 43.3 Å². The molecule has 4 rings (SSSR count). The van der Waals surface area contributed by atoms with Crippen LogP contribution >= 0.6 is 0 Å². The predicted molar refractivity (Wildman–Crippen MR) is 114 cm³/mol. The summed E-state index contributed by atoms with van der Waals surface area (Å²) in [6.07, 6.45) is 0.365. The fourth-order valence-corrected chi connectivity index (χ4v) is 4.08. The molecule has 0 unspecified atom stereocenters. The summed E-state index contributed by atoms with van der Waals surface area (Å²) >= 11 is 0. The van der Waals surface area contributed by atoms with Crippen LogP contribution in [-0.2, 0) is 9.59 Å². The van der Waals surface area contributed by atoms with Gasteiger partial charge in [-0.25, -0.2) is 0 Å². The quantitative estimate of drug-likeness (QED) is 0.571. The van der Waals surface area contributed by atoms with Gasteiger partial charge in [0, 0.05) is 47.1 Å². The van der Waals surface area contributed by atoms with Crippen LogP contribution in [0.4, 0.5) is 0 Å². The van der Waals surface area contributed by atoms with Crippen molar-refractivity contribution in [3.8, 4) is 0 Å². The molecule has 3 aromatic rings. The summed E-state index contributed by atoms with van der Waals surface area (Å²) in [5.74, 6) is -0.694. The van der Waals surface area contributed by atoms with E-state index in [4.69, 9.17) is 0 Å². The summed E-state index contributed by atoms with van der Waals surface area (Å²) in [5, 5.41) is 1.06. The van der Waals surface area contributed by atoms with E-state index in [9.17, 15) is 14.4 Å². The molecule has 1 atom stereocenters. The van der Waals surface area contributed by atoms with Gasteiger partial charge in [-0.15, -0.1) is 0 Å². The minimum Gasteiger partial charge on any atom is -0.358 e. The summed E-state index contributed by atoms with van der Waals surface area (Å²) in [6, 6.07) is 15.3. The first-order valence-corrected chi connectivity index (χ1v) is 10.1. The van der Waals surface area contributed by atoms with Gasteiger partial charge in [-0.05, 0) is 24.6 Å². The maximum Gasteiger partial charge on any atom is 0.255 e. The number of H-pyrrole nitrogens is 1. The van der Waals surface area contributed by atoms with Crippen LogP contribution in [0.2, 0.25) is 0 Å². The average molecular weight is 404 g/mol. The van der Waals surface area contributed by atoms with E-state index in [1.54, 1.807) is 11.8 Å². The second kappa shape index (κ2) is 8.02. The highest BCUT2D eigenvalue weighted by Crippen LogP contribution is 2.42. The van der Waals surface area contributed by atoms with Crippen LogP contribution in [0.5, 0.6) is 0 Å². The number of aryl methyl sites for hydroxylation is 1. The van der Waals surface area contributed by atoms with Gasteiger partial charge in [0.2, 0.25) is 11.8 Å². The van der Waals surface area contributed by atoms with Gasteiger partial charge in [-0.2, -0.15) is 0 Å². The van der Waals surface area contributed by atoms with Crippen LogP contribution in [0.25, 0.3) is 10.9 Å². The Balaban J connectivity index is 1.66. The summed E-state index contributed by atoms with van der Waals surface area (Å²) in [6.45, 7) is 3.95. The molecule has 1 aliphatic heterocycles. The Hall–Kier alpha value is -3.61. The highest BCUT2D eigenvalue weighted by Gasteiger charge is 2.39. The van der Waals surface area contributed by atoms with Crippen LogP contribution in [0, 0.1) is 6.92 Å². The molecule has 1 aromatic heterocycles. The lowest BCUT2D eigenvalue weighted by molar-refractivity contribution is -0.128. The van der Waals surface area contributed by atoms with E-state index in [0.717, 1.165) is 27.7 Å². The SMILES string of the molecule is CCC(=O)NNC(=O)CCN1C(=O)c2ccccc2[C@@H]1c1c(C)[nH]c2ccccc12. The number of fused-ring (bicyclic) bond motifs is 2. The smallest absolute Gasteiger partial charge is 0.255 e. The van der Waals surface area contributed by atoms with Crippen LogP contribution in [-0.4, -0.2) is 34.2 Å². The third kappa shape index (κ3) is 3.43. The number of aromatic amines is 1. The predicted octanol–water partition coefficient (Wildman–Crippen LogP) is 2.97. The van der Waals surface area contributed by atoms with Crippen LogP contribution in [0.3, 0.4) is 0 Å². The fraction of sp³-hybridized carbons (Fsp3) is 0.261. The van der Waals surface area contributed by atoms with E-state index in [0.29, 0.717) is 5.56 Å². The zero-order chi connectivity index (χ0) is 21.3. The van der Waals surface area contributed by atoms with Gasteiger partial charge in [0.15, 0.2) is 0 Å². The number of para-hydroxylation sites is 1. The van der Waals surface area contributed by atoms with Crippen LogP contribution < -0.4 is 10.9 Å². The fourth-order valence-electron chi connectivity index (χ4n) is 4.08. The summed E-state index contributed by atoms with van der Waals surface area (Å²) in [7, 11) is 0. The first-order valence-electron chi connectivity index (χ1n) is 10.1. The Morgan fingerprint density at radius 3 is 2.53 bits per heavy atom. The van der Waals surface area contributed by atoms with Crippen molar-refractivity contribution in [3.63, 3.8) is 0 Å². The molecule has 0 radical (unpaired) electrons. The number of benzene rings is 2. The molecule has 0 bridgehead atoms. The minimum atomic E-state index is -0.338. The van der Waals surface area contributed by atoms with Gasteiger partial charge in [-0.3, -0.25) is 25.2 Å². The maximum absolute atomic E-state index is 13.2. The molecule has 2 aromatic carbocycles. The molecule has 2 heterocycles. The van der Waals surface area contributed by atoms with Crippen LogP contribution in [0.15, 0.2) is 48.5 Å². The molecular formula is C23H24N4O3. The first kappa shape index (κ1) is 19.7. The molecule has 0 saturated heterocycles. The standard InChI is InChI=1S/C23H24N4O3/c1-3-19(28)25-26-20(29)12-13-27-22(15-8-4-5-9-16(15)23(27)30)21-14(2)24-18-11-7-6-10-17(18)21/h4-11,22,24H,3,12-13H2,1-2H3,(H,25,28)(H,26,29)/t22-/m1/s1. The zero-order valence-corrected chi connectivity index (χ0v) is 17.0. The second-order valence-electron chi connectivity index (χ2n) is 7.40. The van der Waals surface area contributed by atoms with E-state index >= 15 is 0 Å². The van der Waals surface area contributed by atoms with Crippen molar-refractivity contribution in [2.75, 3.05) is 6.54 Å². The van der Waals surface area contributed by atoms with Gasteiger partial charge >= 0.3 is 0 Å². The van der Waals surface area contributed by atoms with Crippen molar-refractivity contribution in [1.82, 2.24) is 20.7 Å². The Morgan fingerprint density at radius 1 is 1.03 bits per heavy atom. The average Bonchev–Trinajstić information content (AvgIpc) is 3.23. The molecule has 0 spiro atoms. The highest BCUT2D eigenvalue weighted by molar-refractivity contribution is 6.01. The number of rotatable bonds is 5. The maximum atomic E-state index is 13.2. The zero-order valence-electron chi connectivity index (χ0n) is 17.0. The summed E-state index contributed by atoms with van der Waals surface area (Å²) < 4.78 is 0. The molecule has 30 heavy (non-hydrogen) atoms. The van der Waals surface area contributed by atoms with Gasteiger partial charge in [0.25, 0.3) is 5.91 Å². The van der Waals surface area contributed by atoms with Crippen molar-refractivity contribution < 1.29 is 14.4 Å². The van der Waals surface area contributed by atoms with Gasteiger partial charge in [0.1, 0.15) is 0 Å². The van der Waals surface area contributed by atoms with E-state index in [2.05, 4.69) is 15.8 Å². The Bertz CT molecular complexity index is 1130. The summed E-state index contributed by atoms with van der Waals surface area (Å²) in [4.78, 5) is 41.9. The normalized spacial score (nSPS) is 15.3. The van der Waals surface area contributed by atoms with E-state index in [1.807, 2.05) is 55.5 Å². The Kier molecular flexibility index (Phi) is 5.27. The monoisotopic (exact) mass is 404 g/mol. The molecule has 154 valence electrons. The largest absolute Gasteiger partial charge is 0.358 e. The first-order chi connectivity index (χ1) is 14.5. The number of hydrogen-bond acceptors (Lipinski definition) is 3. The third-order valence-electron chi connectivity index (χ3n) is 5.52. The summed E-state index contributed by atoms with van der Waals surface area (Å²) in [5.41, 5.74) is 9.42. The number of nitrogens with zero attached hydrogens (tertiary/aromatic N) is 1. The molecule has 3 amide bonds. The lowest BCUT2D eigenvalue weighted by atomic mass is 9.95. The molecule has 0 fully saturated rings. The number of nitrogens with one attached hydrogen (secondary N) is 3. The van der Waals surface area contributed by atoms with Crippen molar-refractivity contribution in [2.24, 2.45) is 0 Å². The number of carbonyl (C=O) groups excluding carboxylic acids is 3. The molecule has 0 saturated carbocycles. The van der Waals surface area contributed by atoms with Crippen molar-refractivity contribution in [1.29, 1.82) is 0 Å². The number of amides is 3. The van der Waals surface area contributed by atoms with E-state index < -0.39 is 0 Å².